The van der Waals surface area contributed by atoms with E-state index in [0.29, 0.717) is 16.3 Å². The van der Waals surface area contributed by atoms with Gasteiger partial charge in [-0.2, -0.15) is 0 Å². The third-order valence-corrected chi connectivity index (χ3v) is 4.85. The molecule has 0 fully saturated rings. The van der Waals surface area contributed by atoms with E-state index in [1.165, 1.54) is 18.2 Å². The molecule has 0 saturated carbocycles. The van der Waals surface area contributed by atoms with Crippen molar-refractivity contribution >= 4 is 23.4 Å². The molecule has 0 bridgehead atoms. The first-order valence-corrected chi connectivity index (χ1v) is 9.33. The van der Waals surface area contributed by atoms with Crippen LogP contribution in [0.15, 0.2) is 52.3 Å². The minimum absolute atomic E-state index is 0.141. The Bertz CT molecular complexity index is 766. The Balaban J connectivity index is 2.08. The molecule has 2 aromatic carbocycles. The van der Waals surface area contributed by atoms with Crippen molar-refractivity contribution in [3.05, 3.63) is 64.0 Å². The topological polar surface area (TPSA) is 72.2 Å². The maximum Gasteiger partial charge on any atom is 0.284 e. The summed E-state index contributed by atoms with van der Waals surface area (Å²) in [4.78, 5) is 24.1. The van der Waals surface area contributed by atoms with E-state index in [2.05, 4.69) is 12.2 Å². The maximum absolute atomic E-state index is 13.0. The molecule has 0 aliphatic heterocycles. The minimum Gasteiger partial charge on any atom is -0.352 e. The second-order valence-electron chi connectivity index (χ2n) is 5.81. The molecule has 0 saturated heterocycles. The molecule has 0 aliphatic rings. The highest BCUT2D eigenvalue weighted by atomic mass is 32.2. The molecule has 0 aromatic heterocycles. The van der Waals surface area contributed by atoms with Gasteiger partial charge in [-0.1, -0.05) is 37.9 Å². The average molecular weight is 376 g/mol. The van der Waals surface area contributed by atoms with Gasteiger partial charge in [0, 0.05) is 23.1 Å². The third kappa shape index (κ3) is 5.84. The zero-order valence-electron chi connectivity index (χ0n) is 14.5. The summed E-state index contributed by atoms with van der Waals surface area (Å²) in [5, 5.41) is 14.2. The van der Waals surface area contributed by atoms with Gasteiger partial charge in [-0.15, -0.1) is 0 Å². The summed E-state index contributed by atoms with van der Waals surface area (Å²) in [6.45, 7) is 2.67. The number of carbonyl (C=O) groups is 1. The molecule has 26 heavy (non-hydrogen) atoms. The molecule has 0 unspecified atom stereocenters. The minimum atomic E-state index is -0.510. The second-order valence-corrected chi connectivity index (χ2v) is 6.93. The van der Waals surface area contributed by atoms with Gasteiger partial charge in [0.25, 0.3) is 11.6 Å². The molecule has 7 heteroatoms. The number of nitrogens with one attached hydrogen (secondary N) is 1. The number of hydrogen-bond donors (Lipinski definition) is 1. The smallest absolute Gasteiger partial charge is 0.284 e. The normalized spacial score (nSPS) is 10.5. The van der Waals surface area contributed by atoms with Crippen molar-refractivity contribution in [2.75, 3.05) is 6.54 Å². The van der Waals surface area contributed by atoms with E-state index in [9.17, 15) is 19.3 Å². The van der Waals surface area contributed by atoms with Crippen LogP contribution in [0, 0.1) is 15.9 Å². The lowest BCUT2D eigenvalue weighted by molar-refractivity contribution is -0.387. The van der Waals surface area contributed by atoms with E-state index in [0.717, 1.165) is 37.4 Å². The number of rotatable bonds is 9. The van der Waals surface area contributed by atoms with E-state index in [1.54, 1.807) is 24.3 Å². The first kappa shape index (κ1) is 19.9. The van der Waals surface area contributed by atoms with E-state index < -0.39 is 4.92 Å². The van der Waals surface area contributed by atoms with Crippen molar-refractivity contribution in [1.82, 2.24) is 5.32 Å². The summed E-state index contributed by atoms with van der Waals surface area (Å²) in [5.41, 5.74) is 0.119. The molecular weight excluding hydrogens is 355 g/mol. The Hall–Kier alpha value is -2.41. The van der Waals surface area contributed by atoms with Crippen LogP contribution in [0.2, 0.25) is 0 Å². The third-order valence-electron chi connectivity index (χ3n) is 3.78. The highest BCUT2D eigenvalue weighted by molar-refractivity contribution is 7.99. The maximum atomic E-state index is 13.0. The van der Waals surface area contributed by atoms with Gasteiger partial charge < -0.3 is 5.32 Å². The molecule has 5 nitrogen and oxygen atoms in total. The number of nitro benzene ring substituents is 1. The molecule has 1 N–H and O–H groups in total. The summed E-state index contributed by atoms with van der Waals surface area (Å²) in [5.74, 6) is -0.683. The van der Waals surface area contributed by atoms with Gasteiger partial charge in [0.05, 0.1) is 9.82 Å². The molecule has 138 valence electrons. The largest absolute Gasteiger partial charge is 0.352 e. The lowest BCUT2D eigenvalue weighted by Gasteiger charge is -2.07. The van der Waals surface area contributed by atoms with Crippen molar-refractivity contribution < 1.29 is 14.1 Å². The Labute approximate surface area is 156 Å². The molecule has 2 aromatic rings. The van der Waals surface area contributed by atoms with Crippen LogP contribution < -0.4 is 5.32 Å². The number of hydrogen-bond acceptors (Lipinski definition) is 4. The predicted molar refractivity (Wildman–Crippen MR) is 100 cm³/mol. The molecule has 0 atom stereocenters. The van der Waals surface area contributed by atoms with Crippen LogP contribution in [-0.2, 0) is 0 Å². The van der Waals surface area contributed by atoms with Gasteiger partial charge in [-0.05, 0) is 42.8 Å². The first-order chi connectivity index (χ1) is 12.5. The lowest BCUT2D eigenvalue weighted by Crippen LogP contribution is -2.24. The average Bonchev–Trinajstić information content (AvgIpc) is 2.63. The van der Waals surface area contributed by atoms with Gasteiger partial charge in [0.1, 0.15) is 5.82 Å². The predicted octanol–water partition coefficient (Wildman–Crippen LogP) is 5.20. The van der Waals surface area contributed by atoms with Crippen LogP contribution in [-0.4, -0.2) is 17.4 Å². The molecule has 0 radical (unpaired) electrons. The summed E-state index contributed by atoms with van der Waals surface area (Å²) in [6.07, 6.45) is 4.17. The fraction of sp³-hybridized carbons (Fsp3) is 0.316. The lowest BCUT2D eigenvalue weighted by atomic mass is 10.1. The monoisotopic (exact) mass is 376 g/mol. The highest BCUT2D eigenvalue weighted by Gasteiger charge is 2.18. The standard InChI is InChI=1S/C19H21FN2O3S/c1-2-3-4-5-12-21-19(23)14-6-11-18(17(13-14)22(24)25)26-16-9-7-15(20)8-10-16/h6-11,13H,2-5,12H2,1H3,(H,21,23). The molecule has 0 spiro atoms. The van der Waals surface area contributed by atoms with Gasteiger partial charge in [0.2, 0.25) is 0 Å². The molecule has 0 heterocycles. The Morgan fingerprint density at radius 1 is 1.15 bits per heavy atom. The van der Waals surface area contributed by atoms with Crippen LogP contribution in [0.5, 0.6) is 0 Å². The SMILES string of the molecule is CCCCCCNC(=O)c1ccc(Sc2ccc(F)cc2)c([N+](=O)[O-])c1. The number of nitro groups is 1. The van der Waals surface area contributed by atoms with Crippen molar-refractivity contribution in [3.63, 3.8) is 0 Å². The van der Waals surface area contributed by atoms with Gasteiger partial charge in [-0.25, -0.2) is 4.39 Å². The van der Waals surface area contributed by atoms with Crippen LogP contribution in [0.4, 0.5) is 10.1 Å². The van der Waals surface area contributed by atoms with Gasteiger partial charge in [0.15, 0.2) is 0 Å². The quantitative estimate of drug-likeness (QED) is 0.371. The summed E-state index contributed by atoms with van der Waals surface area (Å²) < 4.78 is 13.0. The summed E-state index contributed by atoms with van der Waals surface area (Å²) in [7, 11) is 0. The van der Waals surface area contributed by atoms with E-state index in [-0.39, 0.29) is 23.0 Å². The number of benzene rings is 2. The number of unbranched alkanes of at least 4 members (excludes halogenated alkanes) is 3. The zero-order valence-corrected chi connectivity index (χ0v) is 15.4. The molecular formula is C19H21FN2O3S. The van der Waals surface area contributed by atoms with Crippen LogP contribution in [0.1, 0.15) is 43.0 Å². The van der Waals surface area contributed by atoms with E-state index >= 15 is 0 Å². The first-order valence-electron chi connectivity index (χ1n) is 8.51. The van der Waals surface area contributed by atoms with Crippen LogP contribution in [0.25, 0.3) is 0 Å². The van der Waals surface area contributed by atoms with Gasteiger partial charge in [-0.3, -0.25) is 14.9 Å². The number of amides is 1. The van der Waals surface area contributed by atoms with Crippen molar-refractivity contribution in [1.29, 1.82) is 0 Å². The molecule has 0 aliphatic carbocycles. The summed E-state index contributed by atoms with van der Waals surface area (Å²) in [6, 6.07) is 10.1. The van der Waals surface area contributed by atoms with Crippen molar-refractivity contribution in [3.8, 4) is 0 Å². The Morgan fingerprint density at radius 2 is 1.88 bits per heavy atom. The van der Waals surface area contributed by atoms with Crippen molar-refractivity contribution in [2.45, 2.75) is 42.4 Å². The fourth-order valence-electron chi connectivity index (χ4n) is 2.37. The van der Waals surface area contributed by atoms with E-state index in [1.807, 2.05) is 0 Å². The van der Waals surface area contributed by atoms with Crippen LogP contribution >= 0.6 is 11.8 Å². The van der Waals surface area contributed by atoms with Crippen LogP contribution in [0.3, 0.4) is 0 Å². The second kappa shape index (κ2) is 9.91. The van der Waals surface area contributed by atoms with E-state index in [4.69, 9.17) is 0 Å². The number of nitrogens with zero attached hydrogens (tertiary/aromatic N) is 1. The highest BCUT2D eigenvalue weighted by Crippen LogP contribution is 2.35. The molecule has 1 amide bonds. The Morgan fingerprint density at radius 3 is 2.54 bits per heavy atom. The zero-order chi connectivity index (χ0) is 18.9. The number of carbonyl (C=O) groups excluding carboxylic acids is 1. The fourth-order valence-corrected chi connectivity index (χ4v) is 3.27. The molecule has 2 rings (SSSR count). The Kier molecular flexibility index (Phi) is 7.59. The summed E-state index contributed by atoms with van der Waals surface area (Å²) >= 11 is 1.16. The van der Waals surface area contributed by atoms with Crippen molar-refractivity contribution in [2.24, 2.45) is 0 Å². The number of halogens is 1. The van der Waals surface area contributed by atoms with Gasteiger partial charge >= 0.3 is 0 Å².